The summed E-state index contributed by atoms with van der Waals surface area (Å²) in [5, 5.41) is 14.1. The molecule has 31 heavy (non-hydrogen) atoms. The number of carbonyl (C=O) groups excluding carboxylic acids is 2. The van der Waals surface area contributed by atoms with Gasteiger partial charge in [0.1, 0.15) is 6.33 Å². The summed E-state index contributed by atoms with van der Waals surface area (Å²) < 4.78 is 7.32. The molecule has 0 aliphatic carbocycles. The van der Waals surface area contributed by atoms with E-state index in [1.54, 1.807) is 55.6 Å². The third kappa shape index (κ3) is 4.24. The molecule has 0 bridgehead atoms. The predicted octanol–water partition coefficient (Wildman–Crippen LogP) is 3.86. The van der Waals surface area contributed by atoms with E-state index in [1.807, 2.05) is 13.0 Å². The van der Waals surface area contributed by atoms with E-state index in [-0.39, 0.29) is 17.6 Å². The van der Waals surface area contributed by atoms with Crippen LogP contribution in [-0.2, 0) is 0 Å². The van der Waals surface area contributed by atoms with Gasteiger partial charge >= 0.3 is 0 Å². The number of carbonyl (C=O) groups is 2. The van der Waals surface area contributed by atoms with Crippen molar-refractivity contribution >= 4 is 39.1 Å². The van der Waals surface area contributed by atoms with Crippen LogP contribution in [-0.4, -0.2) is 39.1 Å². The highest BCUT2D eigenvalue weighted by Crippen LogP contribution is 2.25. The van der Waals surface area contributed by atoms with Gasteiger partial charge in [0.05, 0.1) is 16.9 Å². The van der Waals surface area contributed by atoms with Crippen LogP contribution in [0.3, 0.4) is 0 Å². The standard InChI is InChI=1S/C21H17BrN6O3/c1-13-7-8-14(11-17(13)28-12-23-25-26-28)24-20(29)15-5-3-4-6-16(15)27(2)21(30)18-9-10-19(22)31-18/h3-12H,1-2H3,(H,24,29). The molecule has 0 aliphatic heterocycles. The summed E-state index contributed by atoms with van der Waals surface area (Å²) >= 11 is 3.19. The van der Waals surface area contributed by atoms with Gasteiger partial charge < -0.3 is 14.6 Å². The highest BCUT2D eigenvalue weighted by atomic mass is 79.9. The first-order valence-corrected chi connectivity index (χ1v) is 10.0. The number of rotatable bonds is 5. The van der Waals surface area contributed by atoms with Crippen LogP contribution < -0.4 is 10.2 Å². The summed E-state index contributed by atoms with van der Waals surface area (Å²) in [5.41, 5.74) is 3.05. The first kappa shape index (κ1) is 20.5. The maximum Gasteiger partial charge on any atom is 0.293 e. The zero-order valence-electron chi connectivity index (χ0n) is 16.6. The fraction of sp³-hybridized carbons (Fsp3) is 0.0952. The Bertz CT molecular complexity index is 1250. The molecule has 156 valence electrons. The largest absolute Gasteiger partial charge is 0.444 e. The Balaban J connectivity index is 1.60. The number of tetrazole rings is 1. The molecule has 0 fully saturated rings. The van der Waals surface area contributed by atoms with Crippen molar-refractivity contribution < 1.29 is 14.0 Å². The minimum Gasteiger partial charge on any atom is -0.444 e. The molecular weight excluding hydrogens is 464 g/mol. The second-order valence-electron chi connectivity index (χ2n) is 6.69. The molecule has 0 radical (unpaired) electrons. The Morgan fingerprint density at radius 2 is 1.94 bits per heavy atom. The number of furan rings is 1. The van der Waals surface area contributed by atoms with Crippen LogP contribution in [0.25, 0.3) is 5.69 Å². The maximum atomic E-state index is 13.1. The van der Waals surface area contributed by atoms with Gasteiger partial charge in [-0.1, -0.05) is 18.2 Å². The van der Waals surface area contributed by atoms with Crippen LogP contribution in [0.15, 0.2) is 70.0 Å². The Hall–Kier alpha value is -3.79. The zero-order chi connectivity index (χ0) is 22.0. The van der Waals surface area contributed by atoms with Gasteiger partial charge in [-0.15, -0.1) is 5.10 Å². The van der Waals surface area contributed by atoms with E-state index in [1.165, 1.54) is 15.9 Å². The van der Waals surface area contributed by atoms with Crippen molar-refractivity contribution in [3.63, 3.8) is 0 Å². The molecule has 0 aliphatic rings. The monoisotopic (exact) mass is 480 g/mol. The van der Waals surface area contributed by atoms with Crippen molar-refractivity contribution in [1.29, 1.82) is 0 Å². The van der Waals surface area contributed by atoms with E-state index in [0.29, 0.717) is 21.6 Å². The van der Waals surface area contributed by atoms with Gasteiger partial charge in [-0.2, -0.15) is 0 Å². The molecule has 2 aromatic carbocycles. The lowest BCUT2D eigenvalue weighted by Gasteiger charge is -2.19. The molecule has 0 spiro atoms. The summed E-state index contributed by atoms with van der Waals surface area (Å²) in [4.78, 5) is 27.2. The minimum atomic E-state index is -0.373. The summed E-state index contributed by atoms with van der Waals surface area (Å²) in [6.45, 7) is 1.92. The molecule has 0 saturated heterocycles. The van der Waals surface area contributed by atoms with Crippen molar-refractivity contribution in [1.82, 2.24) is 20.2 Å². The number of aryl methyl sites for hydroxylation is 1. The molecule has 1 N–H and O–H groups in total. The molecule has 0 atom stereocenters. The maximum absolute atomic E-state index is 13.1. The SMILES string of the molecule is Cc1ccc(NC(=O)c2ccccc2N(C)C(=O)c2ccc(Br)o2)cc1-n1cnnn1. The first-order valence-electron chi connectivity index (χ1n) is 9.22. The van der Waals surface area contributed by atoms with E-state index in [2.05, 4.69) is 36.8 Å². The van der Waals surface area contributed by atoms with Crippen molar-refractivity contribution in [2.24, 2.45) is 0 Å². The lowest BCUT2D eigenvalue weighted by Crippen LogP contribution is -2.28. The Morgan fingerprint density at radius 3 is 2.65 bits per heavy atom. The second-order valence-corrected chi connectivity index (χ2v) is 7.48. The van der Waals surface area contributed by atoms with E-state index in [0.717, 1.165) is 11.3 Å². The van der Waals surface area contributed by atoms with Crippen molar-refractivity contribution in [2.45, 2.75) is 6.92 Å². The first-order chi connectivity index (χ1) is 14.9. The van der Waals surface area contributed by atoms with Crippen molar-refractivity contribution in [3.05, 3.63) is 82.5 Å². The van der Waals surface area contributed by atoms with Crippen LogP contribution in [0.2, 0.25) is 0 Å². The quantitative estimate of drug-likeness (QED) is 0.464. The third-order valence-corrected chi connectivity index (χ3v) is 5.09. The summed E-state index contributed by atoms with van der Waals surface area (Å²) in [6, 6.07) is 15.5. The zero-order valence-corrected chi connectivity index (χ0v) is 18.2. The molecule has 2 amide bonds. The molecule has 10 heteroatoms. The van der Waals surface area contributed by atoms with Crippen LogP contribution in [0.1, 0.15) is 26.5 Å². The molecular formula is C21H17BrN6O3. The highest BCUT2D eigenvalue weighted by Gasteiger charge is 2.22. The van der Waals surface area contributed by atoms with Gasteiger partial charge in [0.15, 0.2) is 10.4 Å². The summed E-state index contributed by atoms with van der Waals surface area (Å²) in [7, 11) is 1.59. The number of hydrogen-bond acceptors (Lipinski definition) is 6. The molecule has 4 rings (SSSR count). The average Bonchev–Trinajstić information content (AvgIpc) is 3.46. The number of nitrogens with zero attached hydrogens (tertiary/aromatic N) is 5. The van der Waals surface area contributed by atoms with E-state index < -0.39 is 0 Å². The van der Waals surface area contributed by atoms with E-state index in [4.69, 9.17) is 4.42 Å². The number of anilines is 2. The van der Waals surface area contributed by atoms with Crippen LogP contribution >= 0.6 is 15.9 Å². The van der Waals surface area contributed by atoms with E-state index in [9.17, 15) is 9.59 Å². The second kappa shape index (κ2) is 8.52. The van der Waals surface area contributed by atoms with Gasteiger partial charge in [-0.05, 0) is 75.2 Å². The summed E-state index contributed by atoms with van der Waals surface area (Å²) in [6.07, 6.45) is 1.48. The topological polar surface area (TPSA) is 106 Å². The van der Waals surface area contributed by atoms with E-state index >= 15 is 0 Å². The predicted molar refractivity (Wildman–Crippen MR) is 117 cm³/mol. The molecule has 9 nitrogen and oxygen atoms in total. The van der Waals surface area contributed by atoms with Crippen LogP contribution in [0.4, 0.5) is 11.4 Å². The molecule has 4 aromatic rings. The average molecular weight is 481 g/mol. The number of nitrogens with one attached hydrogen (secondary N) is 1. The number of hydrogen-bond donors (Lipinski definition) is 1. The smallest absolute Gasteiger partial charge is 0.293 e. The number of amides is 2. The lowest BCUT2D eigenvalue weighted by atomic mass is 10.1. The Morgan fingerprint density at radius 1 is 1.13 bits per heavy atom. The fourth-order valence-electron chi connectivity index (χ4n) is 3.07. The van der Waals surface area contributed by atoms with Gasteiger partial charge in [-0.3, -0.25) is 9.59 Å². The normalized spacial score (nSPS) is 10.7. The highest BCUT2D eigenvalue weighted by molar-refractivity contribution is 9.10. The van der Waals surface area contributed by atoms with Gasteiger partial charge in [0.2, 0.25) is 0 Å². The lowest BCUT2D eigenvalue weighted by molar-refractivity contribution is 0.0965. The number of halogens is 1. The number of para-hydroxylation sites is 1. The van der Waals surface area contributed by atoms with Gasteiger partial charge in [0, 0.05) is 12.7 Å². The minimum absolute atomic E-state index is 0.161. The number of benzene rings is 2. The van der Waals surface area contributed by atoms with Crippen LogP contribution in [0.5, 0.6) is 0 Å². The molecule has 2 aromatic heterocycles. The van der Waals surface area contributed by atoms with Gasteiger partial charge in [-0.25, -0.2) is 4.68 Å². The van der Waals surface area contributed by atoms with Crippen molar-refractivity contribution in [2.75, 3.05) is 17.3 Å². The molecule has 0 saturated carbocycles. The van der Waals surface area contributed by atoms with Gasteiger partial charge in [0.25, 0.3) is 11.8 Å². The Kier molecular flexibility index (Phi) is 5.63. The molecule has 0 unspecified atom stereocenters. The fourth-order valence-corrected chi connectivity index (χ4v) is 3.37. The third-order valence-electron chi connectivity index (χ3n) is 4.66. The molecule has 2 heterocycles. The summed E-state index contributed by atoms with van der Waals surface area (Å²) in [5.74, 6) is -0.571. The van der Waals surface area contributed by atoms with Crippen LogP contribution in [0, 0.1) is 6.92 Å². The number of aromatic nitrogens is 4. The van der Waals surface area contributed by atoms with Crippen molar-refractivity contribution in [3.8, 4) is 5.69 Å². The Labute approximate surface area is 185 Å².